The minimum absolute atomic E-state index is 0.0134. The van der Waals surface area contributed by atoms with Crippen LogP contribution in [-0.2, 0) is 15.3 Å². The molecule has 2 aliphatic rings. The highest BCUT2D eigenvalue weighted by Crippen LogP contribution is 2.43. The first-order chi connectivity index (χ1) is 14.0. The van der Waals surface area contributed by atoms with Crippen LogP contribution in [0.3, 0.4) is 0 Å². The van der Waals surface area contributed by atoms with Gasteiger partial charge in [0.15, 0.2) is 9.84 Å². The van der Waals surface area contributed by atoms with Crippen LogP contribution in [0.4, 0.5) is 0 Å². The van der Waals surface area contributed by atoms with Crippen molar-refractivity contribution in [2.45, 2.75) is 64.7 Å². The zero-order chi connectivity index (χ0) is 21.7. The van der Waals surface area contributed by atoms with E-state index in [4.69, 9.17) is 4.98 Å². The highest BCUT2D eigenvalue weighted by Gasteiger charge is 2.28. The topological polar surface area (TPSA) is 76.1 Å². The molecule has 1 saturated carbocycles. The molecule has 30 heavy (non-hydrogen) atoms. The monoisotopic (exact) mass is 428 g/mol. The molecule has 2 fully saturated rings. The Morgan fingerprint density at radius 2 is 1.90 bits per heavy atom. The SMILES string of the molecule is Cc1cc(C(=O)NC[C@H]2CCCS(=O)(=O)C2)nc2c(C(C)(C)C)cc(C3CC3)cc12. The number of hydrogen-bond acceptors (Lipinski definition) is 4. The second-order valence-corrected chi connectivity index (χ2v) is 12.4. The standard InChI is InChI=1S/C24H32N2O3S/c1-15-10-21(23(27)25-13-16-6-5-9-30(28,29)14-16)26-22-19(15)11-18(17-7-8-17)12-20(22)24(2,3)4/h10-12,16-17H,5-9,13-14H2,1-4H3,(H,25,27)/t16-/m1/s1. The van der Waals surface area contributed by atoms with Crippen molar-refractivity contribution in [3.8, 4) is 0 Å². The molecule has 1 amide bonds. The number of carbonyl (C=O) groups is 1. The summed E-state index contributed by atoms with van der Waals surface area (Å²) in [5, 5.41) is 4.05. The van der Waals surface area contributed by atoms with Gasteiger partial charge in [0.2, 0.25) is 0 Å². The molecule has 4 rings (SSSR count). The van der Waals surface area contributed by atoms with Crippen molar-refractivity contribution in [2.24, 2.45) is 5.92 Å². The van der Waals surface area contributed by atoms with Gasteiger partial charge in [0, 0.05) is 11.9 Å². The van der Waals surface area contributed by atoms with Crippen molar-refractivity contribution in [3.63, 3.8) is 0 Å². The Labute approximate surface area is 179 Å². The van der Waals surface area contributed by atoms with Crippen molar-refractivity contribution >= 4 is 26.6 Å². The van der Waals surface area contributed by atoms with Gasteiger partial charge in [-0.3, -0.25) is 4.79 Å². The molecule has 1 aliphatic carbocycles. The van der Waals surface area contributed by atoms with Gasteiger partial charge in [-0.1, -0.05) is 26.8 Å². The molecule has 6 heteroatoms. The van der Waals surface area contributed by atoms with Crippen molar-refractivity contribution in [1.82, 2.24) is 10.3 Å². The van der Waals surface area contributed by atoms with Gasteiger partial charge in [-0.05, 0) is 78.7 Å². The lowest BCUT2D eigenvalue weighted by molar-refractivity contribution is 0.0942. The van der Waals surface area contributed by atoms with Crippen LogP contribution in [0.5, 0.6) is 0 Å². The molecule has 2 heterocycles. The fraction of sp³-hybridized carbons (Fsp3) is 0.583. The molecule has 162 valence electrons. The van der Waals surface area contributed by atoms with Crippen LogP contribution in [0.2, 0.25) is 0 Å². The van der Waals surface area contributed by atoms with E-state index in [9.17, 15) is 13.2 Å². The van der Waals surface area contributed by atoms with Crippen LogP contribution in [0.15, 0.2) is 18.2 Å². The van der Waals surface area contributed by atoms with E-state index in [2.05, 4.69) is 38.2 Å². The number of fused-ring (bicyclic) bond motifs is 1. The quantitative estimate of drug-likeness (QED) is 0.789. The number of rotatable bonds is 4. The van der Waals surface area contributed by atoms with Crippen LogP contribution in [0.1, 0.15) is 79.6 Å². The molecule has 0 unspecified atom stereocenters. The third-order valence-corrected chi connectivity index (χ3v) is 8.23. The van der Waals surface area contributed by atoms with Gasteiger partial charge in [0.05, 0.1) is 17.0 Å². The third-order valence-electron chi connectivity index (χ3n) is 6.34. The second-order valence-electron chi connectivity index (χ2n) is 10.1. The van der Waals surface area contributed by atoms with Gasteiger partial charge >= 0.3 is 0 Å². The minimum atomic E-state index is -2.98. The average molecular weight is 429 g/mol. The molecule has 5 nitrogen and oxygen atoms in total. The molecular formula is C24H32N2O3S. The van der Waals surface area contributed by atoms with Crippen molar-refractivity contribution in [3.05, 3.63) is 40.6 Å². The summed E-state index contributed by atoms with van der Waals surface area (Å²) < 4.78 is 23.7. The summed E-state index contributed by atoms with van der Waals surface area (Å²) in [5.74, 6) is 0.843. The number of aromatic nitrogens is 1. The summed E-state index contributed by atoms with van der Waals surface area (Å²) in [7, 11) is -2.98. The van der Waals surface area contributed by atoms with Crippen LogP contribution in [0.25, 0.3) is 10.9 Å². The Morgan fingerprint density at radius 1 is 1.17 bits per heavy atom. The van der Waals surface area contributed by atoms with Crippen molar-refractivity contribution in [2.75, 3.05) is 18.1 Å². The number of aryl methyl sites for hydroxylation is 1. The van der Waals surface area contributed by atoms with Gasteiger partial charge in [0.25, 0.3) is 5.91 Å². The number of nitrogens with zero attached hydrogens (tertiary/aromatic N) is 1. The average Bonchev–Trinajstić information content (AvgIpc) is 3.49. The van der Waals surface area contributed by atoms with Crippen LogP contribution >= 0.6 is 0 Å². The van der Waals surface area contributed by atoms with E-state index in [-0.39, 0.29) is 28.7 Å². The summed E-state index contributed by atoms with van der Waals surface area (Å²) in [6.45, 7) is 8.98. The highest BCUT2D eigenvalue weighted by molar-refractivity contribution is 7.91. The van der Waals surface area contributed by atoms with E-state index < -0.39 is 9.84 Å². The Morgan fingerprint density at radius 3 is 2.53 bits per heavy atom. The number of benzene rings is 1. The van der Waals surface area contributed by atoms with Crippen LogP contribution in [-0.4, -0.2) is 37.4 Å². The molecule has 1 aliphatic heterocycles. The maximum atomic E-state index is 12.9. The molecular weight excluding hydrogens is 396 g/mol. The molecule has 0 bridgehead atoms. The van der Waals surface area contributed by atoms with E-state index in [1.165, 1.54) is 24.0 Å². The zero-order valence-corrected chi connectivity index (χ0v) is 19.2. The summed E-state index contributed by atoms with van der Waals surface area (Å²) in [4.78, 5) is 17.7. The number of pyridine rings is 1. The third kappa shape index (κ3) is 4.53. The number of carbonyl (C=O) groups excluding carboxylic acids is 1. The number of nitrogens with one attached hydrogen (secondary N) is 1. The first-order valence-electron chi connectivity index (χ1n) is 11.0. The number of sulfone groups is 1. The molecule has 1 aromatic carbocycles. The lowest BCUT2D eigenvalue weighted by atomic mass is 9.83. The van der Waals surface area contributed by atoms with Gasteiger partial charge in [-0.15, -0.1) is 0 Å². The Hall–Kier alpha value is -1.95. The van der Waals surface area contributed by atoms with Gasteiger partial charge in [-0.2, -0.15) is 0 Å². The Bertz CT molecular complexity index is 1100. The summed E-state index contributed by atoms with van der Waals surface area (Å²) in [6, 6.07) is 6.39. The number of hydrogen-bond donors (Lipinski definition) is 1. The predicted octanol–water partition coefficient (Wildman–Crippen LogP) is 4.27. The van der Waals surface area contributed by atoms with Crippen LogP contribution < -0.4 is 5.32 Å². The van der Waals surface area contributed by atoms with E-state index in [0.717, 1.165) is 22.9 Å². The van der Waals surface area contributed by atoms with Crippen LogP contribution in [0, 0.1) is 12.8 Å². The highest BCUT2D eigenvalue weighted by atomic mass is 32.2. The molecule has 1 aromatic heterocycles. The molecule has 0 radical (unpaired) electrons. The Balaban J connectivity index is 1.63. The zero-order valence-electron chi connectivity index (χ0n) is 18.4. The lowest BCUT2D eigenvalue weighted by Crippen LogP contribution is -2.36. The maximum Gasteiger partial charge on any atom is 0.269 e. The molecule has 1 saturated heterocycles. The summed E-state index contributed by atoms with van der Waals surface area (Å²) >= 11 is 0. The normalized spacial score (nSPS) is 21.5. The van der Waals surface area contributed by atoms with E-state index in [0.29, 0.717) is 24.6 Å². The fourth-order valence-electron chi connectivity index (χ4n) is 4.46. The molecule has 1 atom stereocenters. The first-order valence-corrected chi connectivity index (χ1v) is 12.8. The number of amides is 1. The molecule has 0 spiro atoms. The van der Waals surface area contributed by atoms with E-state index >= 15 is 0 Å². The second kappa shape index (κ2) is 7.63. The van der Waals surface area contributed by atoms with Crippen molar-refractivity contribution in [1.29, 1.82) is 0 Å². The Kier molecular flexibility index (Phi) is 5.41. The van der Waals surface area contributed by atoms with Gasteiger partial charge < -0.3 is 5.32 Å². The summed E-state index contributed by atoms with van der Waals surface area (Å²) in [6.07, 6.45) is 4.01. The first kappa shape index (κ1) is 21.3. The van der Waals surface area contributed by atoms with Gasteiger partial charge in [0.1, 0.15) is 5.69 Å². The van der Waals surface area contributed by atoms with Crippen molar-refractivity contribution < 1.29 is 13.2 Å². The largest absolute Gasteiger partial charge is 0.350 e. The fourth-order valence-corrected chi connectivity index (χ4v) is 6.24. The molecule has 1 N–H and O–H groups in total. The lowest BCUT2D eigenvalue weighted by Gasteiger charge is -2.23. The maximum absolute atomic E-state index is 12.9. The molecule has 2 aromatic rings. The van der Waals surface area contributed by atoms with E-state index in [1.54, 1.807) is 0 Å². The predicted molar refractivity (Wildman–Crippen MR) is 121 cm³/mol. The summed E-state index contributed by atoms with van der Waals surface area (Å²) in [5.41, 5.74) is 4.85. The van der Waals surface area contributed by atoms with E-state index in [1.807, 2.05) is 13.0 Å². The minimum Gasteiger partial charge on any atom is -0.350 e. The van der Waals surface area contributed by atoms with Gasteiger partial charge in [-0.25, -0.2) is 13.4 Å². The smallest absolute Gasteiger partial charge is 0.269 e.